The van der Waals surface area contributed by atoms with Gasteiger partial charge in [0.2, 0.25) is 0 Å². The lowest BCUT2D eigenvalue weighted by molar-refractivity contribution is -0.192. The molecule has 4 rings (SSSR count). The van der Waals surface area contributed by atoms with Gasteiger partial charge in [-0.05, 0) is 66.3 Å². The van der Waals surface area contributed by atoms with Crippen molar-refractivity contribution in [3.05, 3.63) is 65.8 Å². The van der Waals surface area contributed by atoms with Crippen molar-refractivity contribution in [2.24, 2.45) is 5.92 Å². The summed E-state index contributed by atoms with van der Waals surface area (Å²) in [4.78, 5) is 11.4. The quantitative estimate of drug-likeness (QED) is 0.434. The van der Waals surface area contributed by atoms with Crippen molar-refractivity contribution in [3.63, 3.8) is 0 Å². The van der Waals surface area contributed by atoms with Crippen molar-refractivity contribution in [2.75, 3.05) is 30.9 Å². The molecule has 0 atom stereocenters. The fourth-order valence-corrected chi connectivity index (χ4v) is 4.39. The summed E-state index contributed by atoms with van der Waals surface area (Å²) in [5.41, 5.74) is 1.99. The number of sulfone groups is 1. The number of alkyl halides is 3. The second kappa shape index (κ2) is 12.4. The van der Waals surface area contributed by atoms with E-state index in [1.807, 2.05) is 42.5 Å². The minimum atomic E-state index is -5.08. The fraction of sp³-hybridized carbons (Fsp3) is 0.320. The second-order valence-electron chi connectivity index (χ2n) is 8.58. The molecule has 1 aromatic heterocycles. The van der Waals surface area contributed by atoms with Crippen LogP contribution in [0.25, 0.3) is 11.1 Å². The molecule has 0 radical (unpaired) electrons. The van der Waals surface area contributed by atoms with Gasteiger partial charge in [-0.25, -0.2) is 13.2 Å². The van der Waals surface area contributed by atoms with Crippen molar-refractivity contribution in [2.45, 2.75) is 23.9 Å². The van der Waals surface area contributed by atoms with Crippen LogP contribution in [0.5, 0.6) is 5.75 Å². The number of anilines is 1. The Balaban J connectivity index is 0.000000505. The van der Waals surface area contributed by atoms with Crippen LogP contribution in [0.15, 0.2) is 65.6 Å². The molecular formula is C25H25ClF3N3O5S. The normalized spacial score (nSPS) is 14.4. The highest BCUT2D eigenvalue weighted by atomic mass is 35.5. The molecule has 2 aromatic carbocycles. The highest BCUT2D eigenvalue weighted by Gasteiger charge is 2.38. The third-order valence-electron chi connectivity index (χ3n) is 5.75. The molecule has 1 fully saturated rings. The number of hydrogen-bond acceptors (Lipinski definition) is 7. The van der Waals surface area contributed by atoms with Crippen LogP contribution in [0.3, 0.4) is 0 Å². The molecule has 1 saturated heterocycles. The lowest BCUT2D eigenvalue weighted by Crippen LogP contribution is -2.36. The van der Waals surface area contributed by atoms with Crippen molar-refractivity contribution in [3.8, 4) is 16.9 Å². The van der Waals surface area contributed by atoms with Gasteiger partial charge in [-0.3, -0.25) is 0 Å². The van der Waals surface area contributed by atoms with Gasteiger partial charge in [0.1, 0.15) is 5.75 Å². The van der Waals surface area contributed by atoms with Crippen molar-refractivity contribution < 1.29 is 36.2 Å². The van der Waals surface area contributed by atoms with Gasteiger partial charge in [0.05, 0.1) is 11.5 Å². The highest BCUT2D eigenvalue weighted by Crippen LogP contribution is 2.26. The van der Waals surface area contributed by atoms with Crippen molar-refractivity contribution >= 4 is 33.2 Å². The Morgan fingerprint density at radius 1 is 1.00 bits per heavy atom. The smallest absolute Gasteiger partial charge is 0.490 e. The summed E-state index contributed by atoms with van der Waals surface area (Å²) in [7, 11) is -3.18. The molecule has 13 heteroatoms. The van der Waals surface area contributed by atoms with Crippen LogP contribution in [-0.2, 0) is 14.6 Å². The SMILES string of the molecule is CS(=O)(=O)c1ccc(-c2ccc(OCC3CCN(c4ccc(Cl)nn4)CC3)cc2)cc1.O=C(O)C(F)(F)F. The Labute approximate surface area is 222 Å². The van der Waals surface area contributed by atoms with E-state index in [1.165, 1.54) is 6.26 Å². The largest absolute Gasteiger partial charge is 0.493 e. The van der Waals surface area contributed by atoms with E-state index < -0.39 is 22.0 Å². The molecular weight excluding hydrogens is 547 g/mol. The first-order valence-corrected chi connectivity index (χ1v) is 13.7. The zero-order valence-corrected chi connectivity index (χ0v) is 21.8. The number of nitrogens with zero attached hydrogens (tertiary/aromatic N) is 3. The van der Waals surface area contributed by atoms with E-state index in [9.17, 15) is 21.6 Å². The molecule has 1 N–H and O–H groups in total. The molecule has 8 nitrogen and oxygen atoms in total. The van der Waals surface area contributed by atoms with Crippen LogP contribution in [0.2, 0.25) is 5.15 Å². The number of halogens is 4. The predicted octanol–water partition coefficient (Wildman–Crippen LogP) is 5.13. The number of piperidine rings is 1. The van der Waals surface area contributed by atoms with E-state index in [4.69, 9.17) is 26.2 Å². The van der Waals surface area contributed by atoms with E-state index in [1.54, 1.807) is 18.2 Å². The maximum atomic E-state index is 11.6. The van der Waals surface area contributed by atoms with Crippen molar-refractivity contribution in [1.29, 1.82) is 0 Å². The molecule has 204 valence electrons. The van der Waals surface area contributed by atoms with Crippen LogP contribution in [-0.4, -0.2) is 61.8 Å². The number of benzene rings is 2. The van der Waals surface area contributed by atoms with Gasteiger partial charge >= 0.3 is 12.1 Å². The minimum Gasteiger partial charge on any atom is -0.493 e. The lowest BCUT2D eigenvalue weighted by atomic mass is 9.98. The first-order chi connectivity index (χ1) is 17.8. The number of carboxylic acid groups (broad SMARTS) is 1. The van der Waals surface area contributed by atoms with Crippen molar-refractivity contribution in [1.82, 2.24) is 10.2 Å². The maximum absolute atomic E-state index is 11.6. The summed E-state index contributed by atoms with van der Waals surface area (Å²) < 4.78 is 61.0. The number of carbonyl (C=O) groups is 1. The third kappa shape index (κ3) is 8.59. The van der Waals surface area contributed by atoms with Gasteiger partial charge in [-0.1, -0.05) is 35.9 Å². The number of carboxylic acids is 1. The second-order valence-corrected chi connectivity index (χ2v) is 11.0. The zero-order chi connectivity index (χ0) is 27.9. The Hall–Kier alpha value is -3.38. The number of hydrogen-bond donors (Lipinski definition) is 1. The number of aliphatic carboxylic acids is 1. The van der Waals surface area contributed by atoms with E-state index in [2.05, 4.69) is 15.1 Å². The van der Waals surface area contributed by atoms with Gasteiger partial charge in [-0.15, -0.1) is 10.2 Å². The highest BCUT2D eigenvalue weighted by molar-refractivity contribution is 7.90. The average molecular weight is 572 g/mol. The van der Waals surface area contributed by atoms with Crippen LogP contribution in [0.1, 0.15) is 12.8 Å². The zero-order valence-electron chi connectivity index (χ0n) is 20.2. The Morgan fingerprint density at radius 2 is 1.53 bits per heavy atom. The molecule has 3 aromatic rings. The molecule has 1 aliphatic rings. The van der Waals surface area contributed by atoms with E-state index in [0.717, 1.165) is 48.6 Å². The fourth-order valence-electron chi connectivity index (χ4n) is 3.66. The number of rotatable bonds is 6. The van der Waals surface area contributed by atoms with Crippen LogP contribution in [0, 0.1) is 5.92 Å². The number of ether oxygens (including phenoxy) is 1. The monoisotopic (exact) mass is 571 g/mol. The van der Waals surface area contributed by atoms with Gasteiger partial charge < -0.3 is 14.7 Å². The molecule has 2 heterocycles. The summed E-state index contributed by atoms with van der Waals surface area (Å²) in [6, 6.07) is 18.5. The minimum absolute atomic E-state index is 0.324. The van der Waals surface area contributed by atoms with Crippen LogP contribution in [0.4, 0.5) is 19.0 Å². The molecule has 0 spiro atoms. The third-order valence-corrected chi connectivity index (χ3v) is 7.08. The van der Waals surface area contributed by atoms with Gasteiger partial charge in [0, 0.05) is 19.3 Å². The Morgan fingerprint density at radius 3 is 1.97 bits per heavy atom. The predicted molar refractivity (Wildman–Crippen MR) is 136 cm³/mol. The standard InChI is InChI=1S/C23H24ClN3O3S.C2HF3O2/c1-31(28,29)21-8-4-19(5-9-21)18-2-6-20(7-3-18)30-16-17-12-14-27(15-13-17)23-11-10-22(24)25-26-23;3-2(4,5)1(6)7/h2-11,17H,12-16H2,1H3;(H,6,7). The van der Waals surface area contributed by atoms with Crippen LogP contribution < -0.4 is 9.64 Å². The van der Waals surface area contributed by atoms with Gasteiger partial charge in [0.15, 0.2) is 20.8 Å². The lowest BCUT2D eigenvalue weighted by Gasteiger charge is -2.32. The van der Waals surface area contributed by atoms with E-state index in [0.29, 0.717) is 22.6 Å². The average Bonchev–Trinajstić information content (AvgIpc) is 2.88. The van der Waals surface area contributed by atoms with E-state index in [-0.39, 0.29) is 0 Å². The maximum Gasteiger partial charge on any atom is 0.490 e. The Bertz CT molecular complexity index is 1310. The molecule has 0 amide bonds. The molecule has 0 unspecified atom stereocenters. The van der Waals surface area contributed by atoms with E-state index >= 15 is 0 Å². The van der Waals surface area contributed by atoms with Crippen LogP contribution >= 0.6 is 11.6 Å². The summed E-state index contributed by atoms with van der Waals surface area (Å²) in [5.74, 6) is -0.557. The summed E-state index contributed by atoms with van der Waals surface area (Å²) in [6.07, 6.45) is -1.80. The molecule has 0 saturated carbocycles. The summed E-state index contributed by atoms with van der Waals surface area (Å²) in [5, 5.41) is 15.6. The molecule has 0 bridgehead atoms. The summed E-state index contributed by atoms with van der Waals surface area (Å²) >= 11 is 5.81. The first kappa shape index (κ1) is 29.2. The summed E-state index contributed by atoms with van der Waals surface area (Å²) in [6.45, 7) is 2.53. The first-order valence-electron chi connectivity index (χ1n) is 11.4. The van der Waals surface area contributed by atoms with Gasteiger partial charge in [0.25, 0.3) is 0 Å². The Kier molecular flexibility index (Phi) is 9.55. The molecule has 38 heavy (non-hydrogen) atoms. The van der Waals surface area contributed by atoms with Gasteiger partial charge in [-0.2, -0.15) is 13.2 Å². The molecule has 0 aliphatic carbocycles. The topological polar surface area (TPSA) is 110 Å². The molecule has 1 aliphatic heterocycles. The number of aromatic nitrogens is 2.